The lowest BCUT2D eigenvalue weighted by Crippen LogP contribution is -2.07. The molecule has 0 amide bonds. The minimum Gasteiger partial charge on any atom is -0.396 e. The van der Waals surface area contributed by atoms with Crippen LogP contribution in [0.5, 0.6) is 0 Å². The molecule has 0 spiro atoms. The monoisotopic (exact) mass is 262 g/mol. The molecule has 1 aromatic heterocycles. The van der Waals surface area contributed by atoms with Crippen molar-refractivity contribution in [1.82, 2.24) is 4.98 Å². The number of hydrogen-bond acceptors (Lipinski definition) is 4. The summed E-state index contributed by atoms with van der Waals surface area (Å²) in [5, 5.41) is 10.0. The van der Waals surface area contributed by atoms with Crippen LogP contribution in [0.4, 0.5) is 5.69 Å². The largest absolute Gasteiger partial charge is 0.396 e. The van der Waals surface area contributed by atoms with Gasteiger partial charge in [-0.15, -0.1) is 11.3 Å². The Morgan fingerprint density at radius 3 is 2.44 bits per heavy atom. The maximum absolute atomic E-state index is 8.99. The van der Waals surface area contributed by atoms with Crippen LogP contribution < -0.4 is 4.90 Å². The fraction of sp³-hybridized carbons (Fsp3) is 0.357. The van der Waals surface area contributed by atoms with Gasteiger partial charge in [0.05, 0.1) is 5.69 Å². The number of aliphatic hydroxyl groups excluding tert-OH is 1. The second-order valence-corrected chi connectivity index (χ2v) is 5.53. The summed E-state index contributed by atoms with van der Waals surface area (Å²) >= 11 is 1.67. The van der Waals surface area contributed by atoms with Crippen molar-refractivity contribution in [3.8, 4) is 10.6 Å². The number of aryl methyl sites for hydroxylation is 1. The topological polar surface area (TPSA) is 36.4 Å². The SMILES string of the molecule is Cc1nc(-c2ccc(N(C)C)cc2)sc1CCO. The first kappa shape index (κ1) is 13.1. The molecule has 1 heterocycles. The molecule has 4 heteroatoms. The average Bonchev–Trinajstić information content (AvgIpc) is 2.72. The predicted molar refractivity (Wildman–Crippen MR) is 77.4 cm³/mol. The highest BCUT2D eigenvalue weighted by Crippen LogP contribution is 2.29. The molecule has 0 aliphatic heterocycles. The highest BCUT2D eigenvalue weighted by atomic mass is 32.1. The first-order valence-electron chi connectivity index (χ1n) is 5.96. The number of rotatable bonds is 4. The van der Waals surface area contributed by atoms with E-state index in [9.17, 15) is 0 Å². The van der Waals surface area contributed by atoms with Crippen LogP contribution in [0.15, 0.2) is 24.3 Å². The number of nitrogens with zero attached hydrogens (tertiary/aromatic N) is 2. The molecule has 0 aliphatic carbocycles. The van der Waals surface area contributed by atoms with Crippen LogP contribution in [-0.2, 0) is 6.42 Å². The van der Waals surface area contributed by atoms with Gasteiger partial charge in [0.1, 0.15) is 5.01 Å². The van der Waals surface area contributed by atoms with E-state index >= 15 is 0 Å². The summed E-state index contributed by atoms with van der Waals surface area (Å²) in [5.74, 6) is 0. The smallest absolute Gasteiger partial charge is 0.123 e. The Balaban J connectivity index is 2.28. The number of aromatic nitrogens is 1. The lowest BCUT2D eigenvalue weighted by Gasteiger charge is -2.11. The summed E-state index contributed by atoms with van der Waals surface area (Å²) in [4.78, 5) is 7.82. The number of benzene rings is 1. The number of thiazole rings is 1. The van der Waals surface area contributed by atoms with Crippen molar-refractivity contribution in [3.63, 3.8) is 0 Å². The van der Waals surface area contributed by atoms with Gasteiger partial charge < -0.3 is 10.0 Å². The lowest BCUT2D eigenvalue weighted by atomic mass is 10.2. The molecule has 1 aromatic carbocycles. The van der Waals surface area contributed by atoms with E-state index < -0.39 is 0 Å². The Bertz CT molecular complexity index is 517. The molecule has 2 rings (SSSR count). The molecule has 0 aliphatic rings. The summed E-state index contributed by atoms with van der Waals surface area (Å²) in [5.41, 5.74) is 3.35. The minimum atomic E-state index is 0.183. The van der Waals surface area contributed by atoms with Gasteiger partial charge in [-0.05, 0) is 31.2 Å². The van der Waals surface area contributed by atoms with Crippen LogP contribution in [0.25, 0.3) is 10.6 Å². The molecule has 96 valence electrons. The molecule has 0 atom stereocenters. The van der Waals surface area contributed by atoms with Crippen LogP contribution in [0.1, 0.15) is 10.6 Å². The van der Waals surface area contributed by atoms with Gasteiger partial charge in [0.2, 0.25) is 0 Å². The summed E-state index contributed by atoms with van der Waals surface area (Å²) in [6, 6.07) is 8.38. The van der Waals surface area contributed by atoms with Gasteiger partial charge in [-0.3, -0.25) is 0 Å². The Kier molecular flexibility index (Phi) is 3.99. The second kappa shape index (κ2) is 5.50. The molecule has 0 fully saturated rings. The van der Waals surface area contributed by atoms with Gasteiger partial charge in [0, 0.05) is 43.3 Å². The van der Waals surface area contributed by atoms with Gasteiger partial charge in [-0.2, -0.15) is 0 Å². The van der Waals surface area contributed by atoms with E-state index in [0.717, 1.165) is 16.3 Å². The van der Waals surface area contributed by atoms with E-state index in [2.05, 4.69) is 34.1 Å². The molecule has 0 saturated heterocycles. The average molecular weight is 262 g/mol. The van der Waals surface area contributed by atoms with Crippen LogP contribution >= 0.6 is 11.3 Å². The predicted octanol–water partition coefficient (Wildman–Crippen LogP) is 2.72. The summed E-state index contributed by atoms with van der Waals surface area (Å²) in [6.45, 7) is 2.18. The summed E-state index contributed by atoms with van der Waals surface area (Å²) in [6.07, 6.45) is 0.694. The van der Waals surface area contributed by atoms with Gasteiger partial charge in [-0.1, -0.05) is 0 Å². The third kappa shape index (κ3) is 2.71. The fourth-order valence-electron chi connectivity index (χ4n) is 1.79. The van der Waals surface area contributed by atoms with Crippen molar-refractivity contribution in [3.05, 3.63) is 34.8 Å². The van der Waals surface area contributed by atoms with E-state index in [-0.39, 0.29) is 6.61 Å². The molecule has 0 unspecified atom stereocenters. The van der Waals surface area contributed by atoms with Crippen molar-refractivity contribution >= 4 is 17.0 Å². The van der Waals surface area contributed by atoms with Crippen LogP contribution in [0.2, 0.25) is 0 Å². The summed E-state index contributed by atoms with van der Waals surface area (Å²) < 4.78 is 0. The van der Waals surface area contributed by atoms with Crippen molar-refractivity contribution < 1.29 is 5.11 Å². The van der Waals surface area contributed by atoms with Gasteiger partial charge >= 0.3 is 0 Å². The van der Waals surface area contributed by atoms with Crippen molar-refractivity contribution in [2.75, 3.05) is 25.6 Å². The number of anilines is 1. The molecule has 0 radical (unpaired) electrons. The van der Waals surface area contributed by atoms with Crippen LogP contribution in [0, 0.1) is 6.92 Å². The van der Waals surface area contributed by atoms with Crippen molar-refractivity contribution in [1.29, 1.82) is 0 Å². The molecular weight excluding hydrogens is 244 g/mol. The second-order valence-electron chi connectivity index (χ2n) is 4.44. The Hall–Kier alpha value is -1.39. The molecule has 0 saturated carbocycles. The molecule has 18 heavy (non-hydrogen) atoms. The molecule has 0 bridgehead atoms. The standard InChI is InChI=1S/C14H18N2OS/c1-10-13(8-9-17)18-14(15-10)11-4-6-12(7-5-11)16(2)3/h4-7,17H,8-9H2,1-3H3. The maximum Gasteiger partial charge on any atom is 0.123 e. The van der Waals surface area contributed by atoms with Gasteiger partial charge in [-0.25, -0.2) is 4.98 Å². The van der Waals surface area contributed by atoms with Crippen molar-refractivity contribution in [2.45, 2.75) is 13.3 Å². The zero-order valence-electron chi connectivity index (χ0n) is 11.0. The fourth-order valence-corrected chi connectivity index (χ4v) is 2.84. The molecule has 2 aromatic rings. The van der Waals surface area contributed by atoms with E-state index in [1.807, 2.05) is 21.0 Å². The quantitative estimate of drug-likeness (QED) is 0.920. The maximum atomic E-state index is 8.99. The Morgan fingerprint density at radius 1 is 1.22 bits per heavy atom. The summed E-state index contributed by atoms with van der Waals surface area (Å²) in [7, 11) is 4.06. The number of aliphatic hydroxyl groups is 1. The minimum absolute atomic E-state index is 0.183. The molecule has 1 N–H and O–H groups in total. The zero-order chi connectivity index (χ0) is 13.1. The van der Waals surface area contributed by atoms with Gasteiger partial charge in [0.25, 0.3) is 0 Å². The highest BCUT2D eigenvalue weighted by molar-refractivity contribution is 7.15. The third-order valence-corrected chi connectivity index (χ3v) is 4.13. The highest BCUT2D eigenvalue weighted by Gasteiger charge is 2.09. The van der Waals surface area contributed by atoms with E-state index in [1.54, 1.807) is 11.3 Å². The van der Waals surface area contributed by atoms with Gasteiger partial charge in [0.15, 0.2) is 0 Å². The number of hydrogen-bond donors (Lipinski definition) is 1. The zero-order valence-corrected chi connectivity index (χ0v) is 11.8. The van der Waals surface area contributed by atoms with Crippen LogP contribution in [0.3, 0.4) is 0 Å². The van der Waals surface area contributed by atoms with E-state index in [0.29, 0.717) is 6.42 Å². The Labute approximate surface area is 112 Å². The lowest BCUT2D eigenvalue weighted by molar-refractivity contribution is 0.300. The van der Waals surface area contributed by atoms with Crippen LogP contribution in [-0.4, -0.2) is 30.8 Å². The third-order valence-electron chi connectivity index (χ3n) is 2.86. The first-order chi connectivity index (χ1) is 8.61. The Morgan fingerprint density at radius 2 is 1.89 bits per heavy atom. The molecular formula is C14H18N2OS. The van der Waals surface area contributed by atoms with E-state index in [4.69, 9.17) is 5.11 Å². The molecule has 3 nitrogen and oxygen atoms in total. The van der Waals surface area contributed by atoms with Crippen molar-refractivity contribution in [2.24, 2.45) is 0 Å². The van der Waals surface area contributed by atoms with E-state index in [1.165, 1.54) is 10.6 Å². The normalized spacial score (nSPS) is 10.7. The first-order valence-corrected chi connectivity index (χ1v) is 6.78.